The van der Waals surface area contributed by atoms with Crippen molar-refractivity contribution < 1.29 is 19.1 Å². The van der Waals surface area contributed by atoms with Gasteiger partial charge in [0.25, 0.3) is 0 Å². The summed E-state index contributed by atoms with van der Waals surface area (Å²) in [5, 5.41) is 8.92. The zero-order chi connectivity index (χ0) is 21.3. The molecule has 156 valence electrons. The first-order valence-electron chi connectivity index (χ1n) is 9.20. The minimum Gasteiger partial charge on any atom is -0.464 e. The van der Waals surface area contributed by atoms with Crippen molar-refractivity contribution in [1.29, 1.82) is 0 Å². The van der Waals surface area contributed by atoms with Gasteiger partial charge in [-0.1, -0.05) is 39.2 Å². The van der Waals surface area contributed by atoms with Crippen molar-refractivity contribution >= 4 is 23.2 Å². The lowest BCUT2D eigenvalue weighted by Gasteiger charge is -2.28. The highest BCUT2D eigenvalue weighted by molar-refractivity contribution is 7.09. The molecule has 0 saturated carbocycles. The number of hydrogen-bond acceptors (Lipinski definition) is 7. The summed E-state index contributed by atoms with van der Waals surface area (Å²) >= 11 is 1.31. The lowest BCUT2D eigenvalue weighted by atomic mass is 9.95. The summed E-state index contributed by atoms with van der Waals surface area (Å²) in [6, 6.07) is -0.980. The SMILES string of the molecule is CCC(C)C(N=[N+]=[N-])C(=O)N[C@H](C[C@@H](OC)c1nc(C(=O)OC)cs1)C(C)C. The van der Waals surface area contributed by atoms with Crippen molar-refractivity contribution in [2.45, 2.75) is 58.7 Å². The van der Waals surface area contributed by atoms with E-state index in [9.17, 15) is 9.59 Å². The predicted octanol–water partition coefficient (Wildman–Crippen LogP) is 3.87. The molecular weight excluding hydrogens is 382 g/mol. The fraction of sp³-hybridized carbons (Fsp3) is 0.722. The van der Waals surface area contributed by atoms with Crippen LogP contribution < -0.4 is 5.32 Å². The Hall–Kier alpha value is -2.16. The third-order valence-corrected chi connectivity index (χ3v) is 5.64. The molecule has 0 aliphatic rings. The van der Waals surface area contributed by atoms with E-state index in [0.29, 0.717) is 11.4 Å². The molecule has 1 aromatic heterocycles. The van der Waals surface area contributed by atoms with Gasteiger partial charge >= 0.3 is 5.97 Å². The van der Waals surface area contributed by atoms with E-state index in [4.69, 9.17) is 10.3 Å². The maximum atomic E-state index is 12.7. The van der Waals surface area contributed by atoms with Crippen LogP contribution in [0.2, 0.25) is 0 Å². The first kappa shape index (κ1) is 23.9. The van der Waals surface area contributed by atoms with Gasteiger partial charge in [-0.3, -0.25) is 4.79 Å². The van der Waals surface area contributed by atoms with E-state index in [1.54, 1.807) is 12.5 Å². The first-order chi connectivity index (χ1) is 13.3. The molecule has 0 fully saturated rings. The van der Waals surface area contributed by atoms with Crippen LogP contribution in [0.4, 0.5) is 0 Å². The number of thiazole rings is 1. The number of amides is 1. The van der Waals surface area contributed by atoms with Crippen molar-refractivity contribution in [2.75, 3.05) is 14.2 Å². The van der Waals surface area contributed by atoms with Gasteiger partial charge in [-0.2, -0.15) is 0 Å². The van der Waals surface area contributed by atoms with Crippen LogP contribution in [-0.4, -0.2) is 43.2 Å². The molecule has 0 aromatic carbocycles. The smallest absolute Gasteiger partial charge is 0.357 e. The van der Waals surface area contributed by atoms with Crippen LogP contribution in [0.25, 0.3) is 10.4 Å². The van der Waals surface area contributed by atoms with E-state index in [2.05, 4.69) is 25.1 Å². The average Bonchev–Trinajstić information content (AvgIpc) is 3.17. The van der Waals surface area contributed by atoms with Gasteiger partial charge in [-0.15, -0.1) is 11.3 Å². The number of carbonyl (C=O) groups excluding carboxylic acids is 2. The Morgan fingerprint density at radius 2 is 2.04 bits per heavy atom. The number of aromatic nitrogens is 1. The summed E-state index contributed by atoms with van der Waals surface area (Å²) in [7, 11) is 2.86. The zero-order valence-electron chi connectivity index (χ0n) is 17.2. The third kappa shape index (κ3) is 6.47. The number of hydrogen-bond donors (Lipinski definition) is 1. The fourth-order valence-corrected chi connectivity index (χ4v) is 3.51. The summed E-state index contributed by atoms with van der Waals surface area (Å²) < 4.78 is 10.2. The van der Waals surface area contributed by atoms with Crippen LogP contribution in [0.5, 0.6) is 0 Å². The Bertz CT molecular complexity index is 702. The molecule has 9 nitrogen and oxygen atoms in total. The minimum atomic E-state index is -0.761. The lowest BCUT2D eigenvalue weighted by Crippen LogP contribution is -2.45. The second-order valence-corrected chi connectivity index (χ2v) is 7.81. The Balaban J connectivity index is 2.95. The summed E-state index contributed by atoms with van der Waals surface area (Å²) in [6.45, 7) is 7.81. The zero-order valence-corrected chi connectivity index (χ0v) is 18.0. The van der Waals surface area contributed by atoms with E-state index in [1.807, 2.05) is 27.7 Å². The van der Waals surface area contributed by atoms with Gasteiger partial charge in [-0.05, 0) is 17.4 Å². The van der Waals surface area contributed by atoms with Gasteiger partial charge in [0.05, 0.1) is 7.11 Å². The van der Waals surface area contributed by atoms with Gasteiger partial charge in [0, 0.05) is 29.9 Å². The number of azide groups is 1. The van der Waals surface area contributed by atoms with Crippen LogP contribution in [0, 0.1) is 11.8 Å². The van der Waals surface area contributed by atoms with Crippen LogP contribution in [0.15, 0.2) is 10.5 Å². The standard InChI is InChI=1S/C18H29N5O4S/c1-7-11(4)15(22-23-19)16(24)20-12(10(2)3)8-14(26-5)17-21-13(9-28-17)18(25)27-6/h9-12,14-15H,7-8H2,1-6H3,(H,20,24)/t11?,12-,14-,15?/m1/s1. The minimum absolute atomic E-state index is 0.0662. The number of esters is 1. The van der Waals surface area contributed by atoms with E-state index >= 15 is 0 Å². The number of nitrogens with zero attached hydrogens (tertiary/aromatic N) is 4. The Morgan fingerprint density at radius 3 is 2.54 bits per heavy atom. The molecule has 0 radical (unpaired) electrons. The predicted molar refractivity (Wildman–Crippen MR) is 107 cm³/mol. The second kappa shape index (κ2) is 11.6. The number of carbonyl (C=O) groups is 2. The monoisotopic (exact) mass is 411 g/mol. The fourth-order valence-electron chi connectivity index (χ4n) is 2.63. The number of ether oxygens (including phenoxy) is 2. The van der Waals surface area contributed by atoms with Crippen molar-refractivity contribution in [3.8, 4) is 0 Å². The van der Waals surface area contributed by atoms with Crippen LogP contribution in [0.1, 0.15) is 62.1 Å². The van der Waals surface area contributed by atoms with E-state index in [1.165, 1.54) is 18.4 Å². The van der Waals surface area contributed by atoms with Crippen molar-refractivity contribution in [3.05, 3.63) is 26.5 Å². The molecule has 0 spiro atoms. The summed E-state index contributed by atoms with van der Waals surface area (Å²) in [6.07, 6.45) is 0.800. The van der Waals surface area contributed by atoms with Gasteiger partial charge < -0.3 is 14.8 Å². The van der Waals surface area contributed by atoms with Crippen LogP contribution in [-0.2, 0) is 14.3 Å². The maximum absolute atomic E-state index is 12.7. The molecule has 0 aliphatic heterocycles. The molecule has 2 unspecified atom stereocenters. The van der Waals surface area contributed by atoms with Gasteiger partial charge in [0.15, 0.2) is 5.69 Å². The molecule has 0 saturated heterocycles. The highest BCUT2D eigenvalue weighted by Gasteiger charge is 2.29. The highest BCUT2D eigenvalue weighted by atomic mass is 32.1. The van der Waals surface area contributed by atoms with Crippen LogP contribution in [0.3, 0.4) is 0 Å². The topological polar surface area (TPSA) is 126 Å². The highest BCUT2D eigenvalue weighted by Crippen LogP contribution is 2.28. The summed E-state index contributed by atoms with van der Waals surface area (Å²) in [4.78, 5) is 31.4. The molecule has 28 heavy (non-hydrogen) atoms. The molecule has 1 N–H and O–H groups in total. The molecule has 0 aliphatic carbocycles. The molecule has 0 bridgehead atoms. The molecule has 10 heteroatoms. The normalized spacial score (nSPS) is 15.2. The van der Waals surface area contributed by atoms with Crippen molar-refractivity contribution in [1.82, 2.24) is 10.3 Å². The quantitative estimate of drug-likeness (QED) is 0.256. The van der Waals surface area contributed by atoms with Crippen molar-refractivity contribution in [2.24, 2.45) is 17.0 Å². The van der Waals surface area contributed by atoms with Gasteiger partial charge in [0.2, 0.25) is 5.91 Å². The number of methoxy groups -OCH3 is 2. The van der Waals surface area contributed by atoms with Crippen molar-refractivity contribution in [3.63, 3.8) is 0 Å². The Kier molecular flexibility index (Phi) is 9.92. The second-order valence-electron chi connectivity index (χ2n) is 6.92. The first-order valence-corrected chi connectivity index (χ1v) is 10.1. The third-order valence-electron chi connectivity index (χ3n) is 4.70. The Morgan fingerprint density at radius 1 is 1.36 bits per heavy atom. The summed E-state index contributed by atoms with van der Waals surface area (Å²) in [5.74, 6) is -0.749. The van der Waals surface area contributed by atoms with Crippen LogP contribution >= 0.6 is 11.3 Å². The molecule has 1 amide bonds. The molecule has 4 atom stereocenters. The summed E-state index contributed by atoms with van der Waals surface area (Å²) in [5.41, 5.74) is 9.02. The van der Waals surface area contributed by atoms with E-state index < -0.39 is 18.1 Å². The number of nitrogens with one attached hydrogen (secondary N) is 1. The molecule has 1 rings (SSSR count). The molecular formula is C18H29N5O4S. The van der Waals surface area contributed by atoms with E-state index in [-0.39, 0.29) is 29.5 Å². The van der Waals surface area contributed by atoms with Gasteiger partial charge in [0.1, 0.15) is 17.2 Å². The lowest BCUT2D eigenvalue weighted by molar-refractivity contribution is -0.124. The molecule has 1 heterocycles. The van der Waals surface area contributed by atoms with Gasteiger partial charge in [-0.25, -0.2) is 9.78 Å². The molecule has 1 aromatic rings. The maximum Gasteiger partial charge on any atom is 0.357 e. The number of rotatable bonds is 11. The average molecular weight is 412 g/mol. The largest absolute Gasteiger partial charge is 0.464 e. The van der Waals surface area contributed by atoms with E-state index in [0.717, 1.165) is 6.42 Å². The Labute approximate surface area is 169 Å².